The number of furan rings is 1. The van der Waals surface area contributed by atoms with E-state index in [4.69, 9.17) is 4.42 Å². The molecule has 3 heterocycles. The van der Waals surface area contributed by atoms with Crippen LogP contribution in [0, 0.1) is 13.8 Å². The van der Waals surface area contributed by atoms with E-state index in [1.807, 2.05) is 50.2 Å². The number of likely N-dealkylation sites (tertiary alicyclic amines) is 1. The number of amides is 2. The fraction of sp³-hybridized carbons (Fsp3) is 0.316. The van der Waals surface area contributed by atoms with Crippen LogP contribution in [0.5, 0.6) is 0 Å². The molecule has 0 saturated carbocycles. The van der Waals surface area contributed by atoms with Crippen molar-refractivity contribution >= 4 is 11.7 Å². The highest BCUT2D eigenvalue weighted by molar-refractivity contribution is 5.94. The van der Waals surface area contributed by atoms with Gasteiger partial charge in [0.15, 0.2) is 5.82 Å². The summed E-state index contributed by atoms with van der Waals surface area (Å²) in [5.41, 5.74) is 1.59. The molecular weight excluding hydrogens is 330 g/mol. The van der Waals surface area contributed by atoms with E-state index in [0.29, 0.717) is 12.4 Å². The molecule has 2 N–H and O–H groups in total. The Morgan fingerprint density at radius 1 is 1.27 bits per heavy atom. The first-order valence-electron chi connectivity index (χ1n) is 8.74. The van der Waals surface area contributed by atoms with Crippen molar-refractivity contribution in [3.8, 4) is 11.3 Å². The van der Waals surface area contributed by atoms with E-state index in [2.05, 4.69) is 20.5 Å². The molecule has 7 heteroatoms. The number of nitrogens with one attached hydrogen (secondary N) is 2. The molecule has 4 rings (SSSR count). The summed E-state index contributed by atoms with van der Waals surface area (Å²) in [5.74, 6) is 3.00. The number of hydrogen-bond acceptors (Lipinski definition) is 4. The third-order valence-electron chi connectivity index (χ3n) is 4.60. The molecule has 0 aliphatic carbocycles. The lowest BCUT2D eigenvalue weighted by Crippen LogP contribution is -2.35. The molecule has 7 nitrogen and oxygen atoms in total. The average molecular weight is 351 g/mol. The number of para-hydroxylation sites is 1. The van der Waals surface area contributed by atoms with Gasteiger partial charge in [0.05, 0.1) is 11.7 Å². The van der Waals surface area contributed by atoms with Crippen LogP contribution < -0.4 is 5.32 Å². The molecule has 134 valence electrons. The number of benzene rings is 1. The summed E-state index contributed by atoms with van der Waals surface area (Å²) in [6.45, 7) is 4.45. The first kappa shape index (κ1) is 16.4. The summed E-state index contributed by atoms with van der Waals surface area (Å²) in [6.07, 6.45) is 1.80. The maximum absolute atomic E-state index is 12.9. The predicted molar refractivity (Wildman–Crippen MR) is 97.7 cm³/mol. The molecule has 1 saturated heterocycles. The zero-order chi connectivity index (χ0) is 18.1. The van der Waals surface area contributed by atoms with Crippen LogP contribution in [-0.2, 0) is 0 Å². The Bertz CT molecular complexity index is 929. The van der Waals surface area contributed by atoms with Crippen molar-refractivity contribution in [3.63, 3.8) is 0 Å². The number of aromatic amines is 1. The third-order valence-corrected chi connectivity index (χ3v) is 4.60. The summed E-state index contributed by atoms with van der Waals surface area (Å²) in [4.78, 5) is 19.1. The first-order valence-corrected chi connectivity index (χ1v) is 8.74. The number of carbonyl (C=O) groups excluding carboxylic acids is 1. The second-order valence-electron chi connectivity index (χ2n) is 6.52. The van der Waals surface area contributed by atoms with Gasteiger partial charge in [-0.2, -0.15) is 5.10 Å². The second kappa shape index (κ2) is 6.67. The van der Waals surface area contributed by atoms with Gasteiger partial charge in [0, 0.05) is 12.1 Å². The first-order chi connectivity index (χ1) is 12.6. The maximum Gasteiger partial charge on any atom is 0.322 e. The molecule has 2 aromatic heterocycles. The molecule has 3 aromatic rings. The molecule has 1 aromatic carbocycles. The Kier molecular flexibility index (Phi) is 4.20. The number of aromatic nitrogens is 3. The largest absolute Gasteiger partial charge is 0.461 e. The molecule has 0 bridgehead atoms. The average Bonchev–Trinajstić information content (AvgIpc) is 3.35. The lowest BCUT2D eigenvalue weighted by molar-refractivity contribution is 0.205. The number of carbonyl (C=O) groups is 1. The Morgan fingerprint density at radius 3 is 2.85 bits per heavy atom. The quantitative estimate of drug-likeness (QED) is 0.745. The zero-order valence-electron chi connectivity index (χ0n) is 14.8. The van der Waals surface area contributed by atoms with Crippen LogP contribution in [0.25, 0.3) is 11.3 Å². The van der Waals surface area contributed by atoms with Gasteiger partial charge < -0.3 is 14.6 Å². The van der Waals surface area contributed by atoms with Gasteiger partial charge in [0.25, 0.3) is 0 Å². The molecule has 1 atom stereocenters. The Balaban J connectivity index is 1.57. The second-order valence-corrected chi connectivity index (χ2v) is 6.52. The summed E-state index contributed by atoms with van der Waals surface area (Å²) in [7, 11) is 0. The van der Waals surface area contributed by atoms with E-state index in [9.17, 15) is 4.79 Å². The summed E-state index contributed by atoms with van der Waals surface area (Å²) >= 11 is 0. The minimum Gasteiger partial charge on any atom is -0.461 e. The monoisotopic (exact) mass is 351 g/mol. The maximum atomic E-state index is 12.9. The predicted octanol–water partition coefficient (Wildman–Crippen LogP) is 4.05. The lowest BCUT2D eigenvalue weighted by atomic mass is 10.1. The molecule has 1 aliphatic heterocycles. The van der Waals surface area contributed by atoms with Crippen molar-refractivity contribution in [2.45, 2.75) is 32.7 Å². The van der Waals surface area contributed by atoms with Crippen LogP contribution in [0.2, 0.25) is 0 Å². The highest BCUT2D eigenvalue weighted by Crippen LogP contribution is 2.33. The molecule has 1 fully saturated rings. The van der Waals surface area contributed by atoms with E-state index in [1.54, 1.807) is 4.90 Å². The number of nitrogens with zero attached hydrogens (tertiary/aromatic N) is 3. The fourth-order valence-electron chi connectivity index (χ4n) is 3.36. The van der Waals surface area contributed by atoms with Crippen molar-refractivity contribution in [3.05, 3.63) is 53.8 Å². The smallest absolute Gasteiger partial charge is 0.322 e. The summed E-state index contributed by atoms with van der Waals surface area (Å²) < 4.78 is 5.72. The van der Waals surface area contributed by atoms with Crippen molar-refractivity contribution in [2.24, 2.45) is 0 Å². The number of anilines is 1. The zero-order valence-corrected chi connectivity index (χ0v) is 14.8. The number of hydrogen-bond donors (Lipinski definition) is 2. The van der Waals surface area contributed by atoms with Crippen LogP contribution in [0.15, 0.2) is 40.8 Å². The minimum absolute atomic E-state index is 0.0991. The van der Waals surface area contributed by atoms with Crippen LogP contribution in [0.4, 0.5) is 10.5 Å². The van der Waals surface area contributed by atoms with Gasteiger partial charge >= 0.3 is 6.03 Å². The van der Waals surface area contributed by atoms with Gasteiger partial charge in [-0.1, -0.05) is 12.1 Å². The van der Waals surface area contributed by atoms with Gasteiger partial charge in [0.2, 0.25) is 0 Å². The van der Waals surface area contributed by atoms with E-state index in [1.165, 1.54) is 0 Å². The minimum atomic E-state index is -0.148. The normalized spacial score (nSPS) is 16.8. The highest BCUT2D eigenvalue weighted by atomic mass is 16.3. The van der Waals surface area contributed by atoms with Gasteiger partial charge in [-0.3, -0.25) is 5.10 Å². The standard InChI is InChI=1S/C19H21N5O2/c1-12-9-10-17(26-12)14-6-3-4-7-15(14)21-19(25)24-11-5-8-16(24)18-20-13(2)22-23-18/h3-4,6-7,9-10,16H,5,8,11H2,1-2H3,(H,21,25)(H,20,22,23). The molecule has 1 unspecified atom stereocenters. The van der Waals surface area contributed by atoms with Crippen molar-refractivity contribution in [1.29, 1.82) is 0 Å². The third kappa shape index (κ3) is 3.08. The molecule has 0 radical (unpaired) electrons. The molecule has 0 spiro atoms. The summed E-state index contributed by atoms with van der Waals surface area (Å²) in [5, 5.41) is 10.1. The van der Waals surface area contributed by atoms with Crippen molar-refractivity contribution in [2.75, 3.05) is 11.9 Å². The van der Waals surface area contributed by atoms with Gasteiger partial charge in [-0.15, -0.1) is 0 Å². The lowest BCUT2D eigenvalue weighted by Gasteiger charge is -2.23. The SMILES string of the molecule is Cc1nc(C2CCCN2C(=O)Nc2ccccc2-c2ccc(C)o2)n[nH]1. The molecule has 26 heavy (non-hydrogen) atoms. The fourth-order valence-corrected chi connectivity index (χ4v) is 3.36. The van der Waals surface area contributed by atoms with Crippen LogP contribution in [0.3, 0.4) is 0 Å². The highest BCUT2D eigenvalue weighted by Gasteiger charge is 2.33. The number of urea groups is 1. The summed E-state index contributed by atoms with van der Waals surface area (Å²) in [6, 6.07) is 11.2. The van der Waals surface area contributed by atoms with Crippen molar-refractivity contribution < 1.29 is 9.21 Å². The number of rotatable bonds is 3. The molecule has 1 aliphatic rings. The van der Waals surface area contributed by atoms with Crippen LogP contribution in [-0.4, -0.2) is 32.7 Å². The van der Waals surface area contributed by atoms with Crippen LogP contribution in [0.1, 0.15) is 36.3 Å². The van der Waals surface area contributed by atoms with Gasteiger partial charge in [0.1, 0.15) is 17.3 Å². The Labute approximate surface area is 151 Å². The van der Waals surface area contributed by atoms with Crippen LogP contribution >= 0.6 is 0 Å². The molecule has 2 amide bonds. The van der Waals surface area contributed by atoms with E-state index in [-0.39, 0.29) is 12.1 Å². The topological polar surface area (TPSA) is 87.1 Å². The van der Waals surface area contributed by atoms with Crippen molar-refractivity contribution in [1.82, 2.24) is 20.1 Å². The Hall–Kier alpha value is -3.09. The molecular formula is C19H21N5O2. The number of H-pyrrole nitrogens is 1. The van der Waals surface area contributed by atoms with E-state index >= 15 is 0 Å². The van der Waals surface area contributed by atoms with Gasteiger partial charge in [-0.25, -0.2) is 9.78 Å². The van der Waals surface area contributed by atoms with E-state index in [0.717, 1.165) is 41.4 Å². The Morgan fingerprint density at radius 2 is 2.12 bits per heavy atom. The van der Waals surface area contributed by atoms with E-state index < -0.39 is 0 Å². The number of aryl methyl sites for hydroxylation is 2. The van der Waals surface area contributed by atoms with Gasteiger partial charge in [-0.05, 0) is 51.0 Å².